The van der Waals surface area contributed by atoms with Gasteiger partial charge in [-0.05, 0) is 41.9 Å². The van der Waals surface area contributed by atoms with Crippen LogP contribution in [-0.2, 0) is 14.4 Å². The molecule has 2 aliphatic carbocycles. The fourth-order valence-corrected chi connectivity index (χ4v) is 9.68. The molecule has 1 aromatic carbocycles. The standard InChI is InChI=1S/C23H22N2O7S2/c1-31-11-4-3-8(5-12(11)32-2)14-15-9-6-10(18(15)33-20-19(14)34-23(30)24-20)17-16(9)21(28)25(22(17)29)7-13(26)27/h3-5,9-10,14-18H,6-7H2,1-2H3,(H,24,30)(H,26,27)/t9-,10-,14-,15-,16+,17+,18-/m1/s1. The van der Waals surface area contributed by atoms with Crippen LogP contribution in [-0.4, -0.2) is 58.8 Å². The number of carbonyl (C=O) groups is 3. The summed E-state index contributed by atoms with van der Waals surface area (Å²) in [4.78, 5) is 54.6. The lowest BCUT2D eigenvalue weighted by Gasteiger charge is -2.43. The summed E-state index contributed by atoms with van der Waals surface area (Å²) in [7, 11) is 3.14. The van der Waals surface area contributed by atoms with Gasteiger partial charge in [0.15, 0.2) is 11.5 Å². The van der Waals surface area contributed by atoms with Gasteiger partial charge >= 0.3 is 10.8 Å². The van der Waals surface area contributed by atoms with Gasteiger partial charge in [0.1, 0.15) is 6.54 Å². The van der Waals surface area contributed by atoms with Crippen LogP contribution in [0.1, 0.15) is 22.8 Å². The number of nitrogens with one attached hydrogen (secondary N) is 1. The van der Waals surface area contributed by atoms with Crippen molar-refractivity contribution in [2.45, 2.75) is 22.6 Å². The van der Waals surface area contributed by atoms with Gasteiger partial charge < -0.3 is 19.6 Å². The van der Waals surface area contributed by atoms with E-state index in [-0.39, 0.29) is 45.6 Å². The molecule has 3 fully saturated rings. The molecule has 1 saturated heterocycles. The van der Waals surface area contributed by atoms with Crippen molar-refractivity contribution in [3.63, 3.8) is 0 Å². The number of aliphatic carboxylic acids is 1. The van der Waals surface area contributed by atoms with Crippen LogP contribution in [0.25, 0.3) is 0 Å². The number of ether oxygens (including phenoxy) is 2. The van der Waals surface area contributed by atoms with Gasteiger partial charge in [-0.3, -0.25) is 24.1 Å². The zero-order chi connectivity index (χ0) is 23.9. The van der Waals surface area contributed by atoms with Gasteiger partial charge in [0.05, 0.1) is 31.1 Å². The fraction of sp³-hybridized carbons (Fsp3) is 0.478. The number of nitrogens with zero attached hydrogens (tertiary/aromatic N) is 1. The minimum atomic E-state index is -1.19. The largest absolute Gasteiger partial charge is 0.493 e. The number of benzene rings is 1. The third-order valence-electron chi connectivity index (χ3n) is 7.88. The van der Waals surface area contributed by atoms with Crippen LogP contribution in [0.4, 0.5) is 0 Å². The zero-order valence-electron chi connectivity index (χ0n) is 18.3. The average molecular weight is 503 g/mol. The maximum absolute atomic E-state index is 13.2. The number of rotatable bonds is 5. The van der Waals surface area contributed by atoms with Crippen LogP contribution in [0, 0.1) is 29.6 Å². The number of H-pyrrole nitrogens is 1. The van der Waals surface area contributed by atoms with E-state index in [2.05, 4.69) is 4.98 Å². The summed E-state index contributed by atoms with van der Waals surface area (Å²) in [6, 6.07) is 5.73. The Kier molecular flexibility index (Phi) is 4.86. The smallest absolute Gasteiger partial charge is 0.323 e. The monoisotopic (exact) mass is 502 g/mol. The van der Waals surface area contributed by atoms with Crippen LogP contribution in [0.2, 0.25) is 0 Å². The lowest BCUT2D eigenvalue weighted by Crippen LogP contribution is -2.42. The molecule has 3 heterocycles. The van der Waals surface area contributed by atoms with E-state index in [0.29, 0.717) is 11.5 Å². The molecule has 0 radical (unpaired) electrons. The van der Waals surface area contributed by atoms with Crippen LogP contribution in [0.5, 0.6) is 11.5 Å². The number of fused-ring (bicyclic) bond motifs is 9. The molecule has 2 bridgehead atoms. The molecular weight excluding hydrogens is 480 g/mol. The second kappa shape index (κ2) is 7.61. The summed E-state index contributed by atoms with van der Waals surface area (Å²) in [6.45, 7) is -0.591. The highest BCUT2D eigenvalue weighted by Crippen LogP contribution is 2.68. The number of hydrogen-bond acceptors (Lipinski definition) is 8. The van der Waals surface area contributed by atoms with Crippen molar-refractivity contribution in [3.05, 3.63) is 38.3 Å². The van der Waals surface area contributed by atoms with E-state index < -0.39 is 24.3 Å². The van der Waals surface area contributed by atoms with Crippen molar-refractivity contribution >= 4 is 40.9 Å². The molecule has 0 spiro atoms. The highest BCUT2D eigenvalue weighted by molar-refractivity contribution is 8.00. The van der Waals surface area contributed by atoms with Gasteiger partial charge in [-0.1, -0.05) is 17.4 Å². The Labute approximate surface area is 202 Å². The molecular formula is C23H22N2O7S2. The Bertz CT molecular complexity index is 1290. The second-order valence-corrected chi connectivity index (χ2v) is 11.4. The number of carboxylic acid groups (broad SMARTS) is 1. The van der Waals surface area contributed by atoms with E-state index in [9.17, 15) is 24.3 Å². The maximum atomic E-state index is 13.2. The highest BCUT2D eigenvalue weighted by atomic mass is 32.2. The van der Waals surface area contributed by atoms with E-state index in [1.54, 1.807) is 26.0 Å². The van der Waals surface area contributed by atoms with Crippen molar-refractivity contribution in [2.24, 2.45) is 29.6 Å². The lowest BCUT2D eigenvalue weighted by molar-refractivity contribution is -0.149. The number of likely N-dealkylation sites (tertiary alicyclic amines) is 1. The summed E-state index contributed by atoms with van der Waals surface area (Å²) in [6.07, 6.45) is 0.749. The Morgan fingerprint density at radius 3 is 2.50 bits per heavy atom. The van der Waals surface area contributed by atoms with E-state index in [1.165, 1.54) is 11.3 Å². The molecule has 2 N–H and O–H groups in total. The SMILES string of the molecule is COc1ccc([C@H]2c3sc(=O)[nH]c3S[C@@H]3[C@@H]4C[C@@H]([C@@H]5C(=O)N(CC(=O)O)C(=O)[C@@H]45)[C@H]23)cc1OC. The number of thioether (sulfide) groups is 1. The normalized spacial score (nSPS) is 33.0. The molecule has 2 aliphatic heterocycles. The quantitative estimate of drug-likeness (QED) is 0.595. The third kappa shape index (κ3) is 2.86. The van der Waals surface area contributed by atoms with Gasteiger partial charge in [-0.15, -0.1) is 11.8 Å². The first-order chi connectivity index (χ1) is 16.3. The van der Waals surface area contributed by atoms with Crippen LogP contribution >= 0.6 is 23.1 Å². The molecule has 2 aromatic rings. The van der Waals surface area contributed by atoms with Gasteiger partial charge in [0, 0.05) is 16.0 Å². The number of aromatic amines is 1. The van der Waals surface area contributed by atoms with E-state index in [0.717, 1.165) is 26.8 Å². The summed E-state index contributed by atoms with van der Waals surface area (Å²) in [5, 5.41) is 10.1. The molecule has 4 aliphatic rings. The topological polar surface area (TPSA) is 126 Å². The highest BCUT2D eigenvalue weighted by Gasteiger charge is 2.69. The van der Waals surface area contributed by atoms with Crippen LogP contribution < -0.4 is 14.3 Å². The van der Waals surface area contributed by atoms with E-state index in [4.69, 9.17) is 9.47 Å². The van der Waals surface area contributed by atoms with Crippen molar-refractivity contribution < 1.29 is 29.0 Å². The molecule has 0 unspecified atom stereocenters. The van der Waals surface area contributed by atoms with Crippen molar-refractivity contribution in [2.75, 3.05) is 20.8 Å². The first-order valence-electron chi connectivity index (χ1n) is 11.0. The summed E-state index contributed by atoms with van der Waals surface area (Å²) in [5.41, 5.74) is 0.965. The first kappa shape index (κ1) is 21.7. The van der Waals surface area contributed by atoms with Crippen molar-refractivity contribution in [3.8, 4) is 11.5 Å². The van der Waals surface area contributed by atoms with Crippen LogP contribution in [0.3, 0.4) is 0 Å². The van der Waals surface area contributed by atoms with E-state index in [1.807, 2.05) is 18.2 Å². The summed E-state index contributed by atoms with van der Waals surface area (Å²) < 4.78 is 10.9. The lowest BCUT2D eigenvalue weighted by atomic mass is 9.68. The number of methoxy groups -OCH3 is 2. The molecule has 2 saturated carbocycles. The Hall–Kier alpha value is -2.79. The molecule has 7 atom stereocenters. The van der Waals surface area contributed by atoms with Gasteiger partial charge in [-0.2, -0.15) is 0 Å². The molecule has 11 heteroatoms. The Morgan fingerprint density at radius 1 is 1.12 bits per heavy atom. The van der Waals surface area contributed by atoms with Crippen LogP contribution in [0.15, 0.2) is 28.0 Å². The predicted molar refractivity (Wildman–Crippen MR) is 122 cm³/mol. The minimum absolute atomic E-state index is 0.0369. The number of imide groups is 1. The second-order valence-electron chi connectivity index (χ2n) is 9.23. The number of carbonyl (C=O) groups excluding carboxylic acids is 2. The molecule has 9 nitrogen and oxygen atoms in total. The number of thiazole rings is 1. The maximum Gasteiger partial charge on any atom is 0.323 e. The molecule has 178 valence electrons. The number of amides is 2. The van der Waals surface area contributed by atoms with E-state index >= 15 is 0 Å². The average Bonchev–Trinajstić information content (AvgIpc) is 3.54. The predicted octanol–water partition coefficient (Wildman–Crippen LogP) is 2.01. The minimum Gasteiger partial charge on any atom is -0.493 e. The fourth-order valence-electron chi connectivity index (χ4n) is 6.79. The third-order valence-corrected chi connectivity index (χ3v) is 10.5. The van der Waals surface area contributed by atoms with Crippen molar-refractivity contribution in [1.82, 2.24) is 9.88 Å². The Balaban J connectivity index is 1.46. The van der Waals surface area contributed by atoms with Gasteiger partial charge in [0.2, 0.25) is 11.8 Å². The summed E-state index contributed by atoms with van der Waals surface area (Å²) in [5.74, 6) is -1.93. The zero-order valence-corrected chi connectivity index (χ0v) is 20.0. The molecule has 1 aromatic heterocycles. The number of hydrogen-bond donors (Lipinski definition) is 2. The number of aromatic nitrogens is 1. The molecule has 34 heavy (non-hydrogen) atoms. The molecule has 6 rings (SSSR count). The first-order valence-corrected chi connectivity index (χ1v) is 12.7. The summed E-state index contributed by atoms with van der Waals surface area (Å²) >= 11 is 2.78. The number of carboxylic acids is 1. The van der Waals surface area contributed by atoms with Gasteiger partial charge in [0.25, 0.3) is 0 Å². The van der Waals surface area contributed by atoms with Crippen molar-refractivity contribution in [1.29, 1.82) is 0 Å². The molecule has 2 amide bonds. The van der Waals surface area contributed by atoms with Gasteiger partial charge in [-0.25, -0.2) is 0 Å². The Morgan fingerprint density at radius 2 is 1.82 bits per heavy atom.